The Labute approximate surface area is 161 Å². The quantitative estimate of drug-likeness (QED) is 0.785. The summed E-state index contributed by atoms with van der Waals surface area (Å²) in [4.78, 5) is 12.8. The molecule has 7 heteroatoms. The minimum absolute atomic E-state index is 0.400. The van der Waals surface area contributed by atoms with E-state index in [1.165, 1.54) is 0 Å². The van der Waals surface area contributed by atoms with Crippen molar-refractivity contribution in [2.24, 2.45) is 0 Å². The fraction of sp³-hybridized carbons (Fsp3) is 0.350. The summed E-state index contributed by atoms with van der Waals surface area (Å²) in [6, 6.07) is 11.5. The Morgan fingerprint density at radius 2 is 1.78 bits per heavy atom. The maximum absolute atomic E-state index is 12.8. The number of hydrogen-bond acceptors (Lipinski definition) is 4. The van der Waals surface area contributed by atoms with Gasteiger partial charge in [-0.15, -0.1) is 0 Å². The molecule has 0 saturated carbocycles. The van der Waals surface area contributed by atoms with Gasteiger partial charge in [0.15, 0.2) is 0 Å². The van der Waals surface area contributed by atoms with E-state index in [-0.39, 0.29) is 0 Å². The van der Waals surface area contributed by atoms with Crippen molar-refractivity contribution in [2.45, 2.75) is 33.7 Å². The van der Waals surface area contributed by atoms with Crippen molar-refractivity contribution < 1.29 is 17.9 Å². The van der Waals surface area contributed by atoms with Gasteiger partial charge < -0.3 is 10.1 Å². The number of ether oxygens (including phenoxy) is 1. The number of nitrogens with one attached hydrogen (secondary N) is 1. The molecule has 0 spiro atoms. The molecule has 6 nitrogen and oxygen atoms in total. The number of amides is 1. The average molecular weight is 391 g/mol. The Morgan fingerprint density at radius 1 is 1.15 bits per heavy atom. The van der Waals surface area contributed by atoms with Crippen molar-refractivity contribution in [3.63, 3.8) is 0 Å². The van der Waals surface area contributed by atoms with Crippen LogP contribution in [0.15, 0.2) is 42.5 Å². The summed E-state index contributed by atoms with van der Waals surface area (Å²) in [6.07, 6.45) is 1.09. The van der Waals surface area contributed by atoms with E-state index in [0.717, 1.165) is 21.7 Å². The summed E-state index contributed by atoms with van der Waals surface area (Å²) in [7, 11) is -3.67. The van der Waals surface area contributed by atoms with E-state index >= 15 is 0 Å². The number of anilines is 2. The first kappa shape index (κ1) is 20.8. The molecule has 0 radical (unpaired) electrons. The Balaban J connectivity index is 2.30. The van der Waals surface area contributed by atoms with Crippen molar-refractivity contribution in [3.05, 3.63) is 53.6 Å². The Bertz CT molecular complexity index is 908. The third-order valence-electron chi connectivity index (χ3n) is 4.14. The first-order valence-corrected chi connectivity index (χ1v) is 10.6. The van der Waals surface area contributed by atoms with Crippen molar-refractivity contribution in [1.82, 2.24) is 0 Å². The lowest BCUT2D eigenvalue weighted by Gasteiger charge is -2.28. The van der Waals surface area contributed by atoms with E-state index in [4.69, 9.17) is 4.74 Å². The number of carbonyl (C=O) groups is 1. The molecule has 27 heavy (non-hydrogen) atoms. The molecule has 0 aliphatic carbocycles. The van der Waals surface area contributed by atoms with E-state index in [2.05, 4.69) is 5.32 Å². The lowest BCUT2D eigenvalue weighted by Crippen LogP contribution is -2.45. The number of rotatable bonds is 7. The largest absolute Gasteiger partial charge is 0.494 e. The minimum Gasteiger partial charge on any atom is -0.494 e. The highest BCUT2D eigenvalue weighted by Gasteiger charge is 2.29. The van der Waals surface area contributed by atoms with Gasteiger partial charge in [-0.05, 0) is 69.2 Å². The maximum Gasteiger partial charge on any atom is 0.248 e. The van der Waals surface area contributed by atoms with Crippen LogP contribution < -0.4 is 14.4 Å². The second kappa shape index (κ2) is 8.43. The van der Waals surface area contributed by atoms with E-state index < -0.39 is 22.0 Å². The molecule has 0 heterocycles. The summed E-state index contributed by atoms with van der Waals surface area (Å²) in [5.74, 6) is 0.241. The van der Waals surface area contributed by atoms with Crippen LogP contribution in [0.3, 0.4) is 0 Å². The van der Waals surface area contributed by atoms with Crippen LogP contribution in [0.2, 0.25) is 0 Å². The topological polar surface area (TPSA) is 75.7 Å². The number of carbonyl (C=O) groups excluding carboxylic acids is 1. The molecule has 1 N–H and O–H groups in total. The van der Waals surface area contributed by atoms with Crippen LogP contribution in [-0.2, 0) is 14.8 Å². The van der Waals surface area contributed by atoms with E-state index in [1.54, 1.807) is 31.2 Å². The zero-order chi connectivity index (χ0) is 20.2. The average Bonchev–Trinajstić information content (AvgIpc) is 2.59. The van der Waals surface area contributed by atoms with Gasteiger partial charge in [0.25, 0.3) is 0 Å². The molecule has 2 aromatic carbocycles. The van der Waals surface area contributed by atoms with Crippen LogP contribution in [0.1, 0.15) is 25.0 Å². The summed E-state index contributed by atoms with van der Waals surface area (Å²) < 4.78 is 31.3. The highest BCUT2D eigenvalue weighted by Crippen LogP contribution is 2.25. The van der Waals surface area contributed by atoms with Gasteiger partial charge in [-0.3, -0.25) is 9.10 Å². The molecule has 0 unspecified atom stereocenters. The van der Waals surface area contributed by atoms with Gasteiger partial charge in [0.2, 0.25) is 15.9 Å². The highest BCUT2D eigenvalue weighted by atomic mass is 32.2. The number of nitrogens with zero attached hydrogens (tertiary/aromatic N) is 1. The van der Waals surface area contributed by atoms with Gasteiger partial charge in [0.1, 0.15) is 11.8 Å². The molecule has 0 bridgehead atoms. The third-order valence-corrected chi connectivity index (χ3v) is 5.38. The van der Waals surface area contributed by atoms with Gasteiger partial charge in [-0.25, -0.2) is 8.42 Å². The molecule has 0 fully saturated rings. The summed E-state index contributed by atoms with van der Waals surface area (Å²) in [5.41, 5.74) is 3.00. The maximum atomic E-state index is 12.8. The zero-order valence-electron chi connectivity index (χ0n) is 16.3. The molecule has 0 aromatic heterocycles. The summed E-state index contributed by atoms with van der Waals surface area (Å²) in [6.45, 7) is 7.78. The van der Waals surface area contributed by atoms with Crippen molar-refractivity contribution >= 4 is 27.3 Å². The normalized spacial score (nSPS) is 12.3. The van der Waals surface area contributed by atoms with Crippen LogP contribution in [0, 0.1) is 13.8 Å². The third kappa shape index (κ3) is 5.23. The molecule has 0 aliphatic rings. The minimum atomic E-state index is -3.67. The van der Waals surface area contributed by atoms with Gasteiger partial charge >= 0.3 is 0 Å². The molecular formula is C20H26N2O4S. The van der Waals surface area contributed by atoms with E-state index in [0.29, 0.717) is 23.7 Å². The SMILES string of the molecule is CCOc1ccc(N([C@H](C)C(=O)Nc2cc(C)ccc2C)S(C)(=O)=O)cc1. The number of sulfonamides is 1. The van der Waals surface area contributed by atoms with Crippen LogP contribution in [0.25, 0.3) is 0 Å². The predicted molar refractivity (Wildman–Crippen MR) is 109 cm³/mol. The zero-order valence-corrected chi connectivity index (χ0v) is 17.1. The van der Waals surface area contributed by atoms with E-state index in [1.807, 2.05) is 39.0 Å². The standard InChI is InChI=1S/C20H26N2O4S/c1-6-26-18-11-9-17(10-12-18)22(27(5,24)25)16(4)20(23)21-19-13-14(2)7-8-15(19)3/h7-13,16H,6H2,1-5H3,(H,21,23)/t16-/m1/s1. The van der Waals surface area contributed by atoms with E-state index in [9.17, 15) is 13.2 Å². The summed E-state index contributed by atoms with van der Waals surface area (Å²) in [5, 5.41) is 2.84. The molecule has 0 aliphatic heterocycles. The van der Waals surface area contributed by atoms with Crippen molar-refractivity contribution in [2.75, 3.05) is 22.5 Å². The molecule has 0 saturated heterocycles. The van der Waals surface area contributed by atoms with Crippen molar-refractivity contribution in [3.8, 4) is 5.75 Å². The smallest absolute Gasteiger partial charge is 0.248 e. The second-order valence-electron chi connectivity index (χ2n) is 6.47. The van der Waals surface area contributed by atoms with Crippen LogP contribution in [0.5, 0.6) is 5.75 Å². The number of hydrogen-bond donors (Lipinski definition) is 1. The second-order valence-corrected chi connectivity index (χ2v) is 8.33. The lowest BCUT2D eigenvalue weighted by atomic mass is 10.1. The first-order chi connectivity index (χ1) is 12.6. The molecular weight excluding hydrogens is 364 g/mol. The fourth-order valence-corrected chi connectivity index (χ4v) is 3.95. The Hall–Kier alpha value is -2.54. The van der Waals surface area contributed by atoms with Gasteiger partial charge in [-0.2, -0.15) is 0 Å². The lowest BCUT2D eigenvalue weighted by molar-refractivity contribution is -0.116. The van der Waals surface area contributed by atoms with Gasteiger partial charge in [-0.1, -0.05) is 12.1 Å². The fourth-order valence-electron chi connectivity index (χ4n) is 2.77. The van der Waals surface area contributed by atoms with Gasteiger partial charge in [0, 0.05) is 5.69 Å². The molecule has 1 amide bonds. The Kier molecular flexibility index (Phi) is 6.49. The molecule has 146 valence electrons. The number of benzene rings is 2. The predicted octanol–water partition coefficient (Wildman–Crippen LogP) is 3.50. The Morgan fingerprint density at radius 3 is 2.33 bits per heavy atom. The van der Waals surface area contributed by atoms with Crippen molar-refractivity contribution in [1.29, 1.82) is 0 Å². The molecule has 1 atom stereocenters. The highest BCUT2D eigenvalue weighted by molar-refractivity contribution is 7.92. The van der Waals surface area contributed by atoms with Gasteiger partial charge in [0.05, 0.1) is 18.6 Å². The monoisotopic (exact) mass is 390 g/mol. The molecule has 2 rings (SSSR count). The van der Waals surface area contributed by atoms with Crippen LogP contribution >= 0.6 is 0 Å². The van der Waals surface area contributed by atoms with Crippen LogP contribution in [-0.4, -0.2) is 33.2 Å². The van der Waals surface area contributed by atoms with Crippen LogP contribution in [0.4, 0.5) is 11.4 Å². The number of aryl methyl sites for hydroxylation is 2. The summed E-state index contributed by atoms with van der Waals surface area (Å²) >= 11 is 0. The first-order valence-electron chi connectivity index (χ1n) is 8.74. The molecule has 2 aromatic rings.